The lowest BCUT2D eigenvalue weighted by Crippen LogP contribution is -2.41. The third kappa shape index (κ3) is 2.48. The summed E-state index contributed by atoms with van der Waals surface area (Å²) in [6.07, 6.45) is 5.86. The zero-order chi connectivity index (χ0) is 14.3. The first-order valence-electron chi connectivity index (χ1n) is 8.38. The van der Waals surface area contributed by atoms with Crippen molar-refractivity contribution in [3.05, 3.63) is 0 Å². The molecule has 2 aliphatic heterocycles. The van der Waals surface area contributed by atoms with Gasteiger partial charge in [0.15, 0.2) is 0 Å². The Bertz CT molecular complexity index is 378. The molecule has 0 radical (unpaired) electrons. The maximum absolute atomic E-state index is 12.6. The van der Waals surface area contributed by atoms with Gasteiger partial charge in [-0.2, -0.15) is 0 Å². The van der Waals surface area contributed by atoms with E-state index in [9.17, 15) is 4.79 Å². The van der Waals surface area contributed by atoms with E-state index in [2.05, 4.69) is 35.9 Å². The first kappa shape index (κ1) is 14.3. The van der Waals surface area contributed by atoms with Crippen LogP contribution in [0.2, 0.25) is 0 Å². The van der Waals surface area contributed by atoms with E-state index in [-0.39, 0.29) is 5.54 Å². The molecule has 2 heterocycles. The topological polar surface area (TPSA) is 35.6 Å². The van der Waals surface area contributed by atoms with Gasteiger partial charge in [0.1, 0.15) is 0 Å². The van der Waals surface area contributed by atoms with Crippen LogP contribution in [0.4, 0.5) is 0 Å². The van der Waals surface area contributed by atoms with Crippen LogP contribution in [0.25, 0.3) is 0 Å². The van der Waals surface area contributed by atoms with Gasteiger partial charge in [-0.3, -0.25) is 10.1 Å². The molecule has 3 fully saturated rings. The van der Waals surface area contributed by atoms with Crippen molar-refractivity contribution in [2.24, 2.45) is 5.92 Å². The highest BCUT2D eigenvalue weighted by molar-refractivity contribution is 5.91. The number of nitrogens with zero attached hydrogens (tertiary/aromatic N) is 2. The number of likely N-dealkylation sites (tertiary alicyclic amines) is 1. The summed E-state index contributed by atoms with van der Waals surface area (Å²) >= 11 is 0. The summed E-state index contributed by atoms with van der Waals surface area (Å²) in [7, 11) is 0. The lowest BCUT2D eigenvalue weighted by molar-refractivity contribution is -0.131. The second-order valence-corrected chi connectivity index (χ2v) is 7.23. The molecular weight excluding hydrogens is 250 g/mol. The Morgan fingerprint density at radius 1 is 1.40 bits per heavy atom. The zero-order valence-electron chi connectivity index (χ0n) is 13.2. The Kier molecular flexibility index (Phi) is 3.80. The SMILES string of the molecule is CCCC1NC2(CC2)C(=O)N1CC1CCN(C(C)C)C1. The third-order valence-electron chi connectivity index (χ3n) is 5.30. The molecule has 0 aromatic heterocycles. The fourth-order valence-electron chi connectivity index (χ4n) is 3.83. The summed E-state index contributed by atoms with van der Waals surface area (Å²) < 4.78 is 0. The number of carbonyl (C=O) groups is 1. The summed E-state index contributed by atoms with van der Waals surface area (Å²) in [5.74, 6) is 1.05. The first-order chi connectivity index (χ1) is 9.55. The monoisotopic (exact) mass is 279 g/mol. The molecule has 1 spiro atoms. The number of carbonyl (C=O) groups excluding carboxylic acids is 1. The van der Waals surface area contributed by atoms with Gasteiger partial charge in [-0.1, -0.05) is 13.3 Å². The minimum absolute atomic E-state index is 0.143. The molecule has 0 aromatic carbocycles. The molecule has 1 N–H and O–H groups in total. The van der Waals surface area contributed by atoms with Gasteiger partial charge in [-0.05, 0) is 52.0 Å². The standard InChI is InChI=1S/C16H29N3O/c1-4-5-14-17-16(7-8-16)15(20)19(14)11-13-6-9-18(10-13)12(2)3/h12-14,17H,4-11H2,1-3H3. The Balaban J connectivity index is 1.62. The van der Waals surface area contributed by atoms with Gasteiger partial charge in [0, 0.05) is 19.1 Å². The maximum Gasteiger partial charge on any atom is 0.244 e. The van der Waals surface area contributed by atoms with E-state index in [1.807, 2.05) is 0 Å². The van der Waals surface area contributed by atoms with E-state index >= 15 is 0 Å². The molecule has 4 heteroatoms. The molecule has 2 saturated heterocycles. The van der Waals surface area contributed by atoms with E-state index in [4.69, 9.17) is 0 Å². The highest BCUT2D eigenvalue weighted by Crippen LogP contribution is 2.43. The quantitative estimate of drug-likeness (QED) is 0.833. The highest BCUT2D eigenvalue weighted by atomic mass is 16.2. The van der Waals surface area contributed by atoms with Crippen LogP contribution in [-0.2, 0) is 4.79 Å². The molecule has 3 rings (SSSR count). The van der Waals surface area contributed by atoms with Crippen molar-refractivity contribution in [2.75, 3.05) is 19.6 Å². The minimum atomic E-state index is -0.143. The second kappa shape index (κ2) is 5.30. The Hall–Kier alpha value is -0.610. The molecule has 2 unspecified atom stereocenters. The number of rotatable bonds is 5. The first-order valence-corrected chi connectivity index (χ1v) is 8.38. The summed E-state index contributed by atoms with van der Waals surface area (Å²) in [5.41, 5.74) is -0.143. The Labute approximate surface area is 122 Å². The van der Waals surface area contributed by atoms with Crippen molar-refractivity contribution in [3.63, 3.8) is 0 Å². The van der Waals surface area contributed by atoms with E-state index in [0.717, 1.165) is 38.8 Å². The molecule has 1 saturated carbocycles. The van der Waals surface area contributed by atoms with Gasteiger partial charge in [-0.25, -0.2) is 0 Å². The molecule has 1 amide bonds. The van der Waals surface area contributed by atoms with Gasteiger partial charge in [-0.15, -0.1) is 0 Å². The summed E-state index contributed by atoms with van der Waals surface area (Å²) in [6.45, 7) is 10.1. The van der Waals surface area contributed by atoms with Crippen LogP contribution in [0, 0.1) is 5.92 Å². The van der Waals surface area contributed by atoms with Crippen LogP contribution in [0.5, 0.6) is 0 Å². The van der Waals surface area contributed by atoms with Gasteiger partial charge >= 0.3 is 0 Å². The highest BCUT2D eigenvalue weighted by Gasteiger charge is 2.58. The largest absolute Gasteiger partial charge is 0.325 e. The van der Waals surface area contributed by atoms with Gasteiger partial charge in [0.2, 0.25) is 5.91 Å². The van der Waals surface area contributed by atoms with Crippen molar-refractivity contribution < 1.29 is 4.79 Å². The van der Waals surface area contributed by atoms with Gasteiger partial charge < -0.3 is 9.80 Å². The summed E-state index contributed by atoms with van der Waals surface area (Å²) in [4.78, 5) is 17.3. The van der Waals surface area contributed by atoms with Crippen LogP contribution < -0.4 is 5.32 Å². The predicted molar refractivity (Wildman–Crippen MR) is 80.3 cm³/mol. The van der Waals surface area contributed by atoms with Crippen molar-refractivity contribution in [1.82, 2.24) is 15.1 Å². The molecule has 2 atom stereocenters. The third-order valence-corrected chi connectivity index (χ3v) is 5.30. The van der Waals surface area contributed by atoms with E-state index in [1.165, 1.54) is 13.0 Å². The lowest BCUT2D eigenvalue weighted by atomic mass is 10.1. The fraction of sp³-hybridized carbons (Fsp3) is 0.938. The van der Waals surface area contributed by atoms with Crippen LogP contribution in [0.3, 0.4) is 0 Å². The molecule has 3 aliphatic rings. The molecule has 0 aromatic rings. The fourth-order valence-corrected chi connectivity index (χ4v) is 3.83. The number of nitrogens with one attached hydrogen (secondary N) is 1. The molecule has 4 nitrogen and oxygen atoms in total. The van der Waals surface area contributed by atoms with Crippen LogP contribution >= 0.6 is 0 Å². The van der Waals surface area contributed by atoms with Crippen molar-refractivity contribution in [3.8, 4) is 0 Å². The predicted octanol–water partition coefficient (Wildman–Crippen LogP) is 1.81. The minimum Gasteiger partial charge on any atom is -0.325 e. The molecule has 0 bridgehead atoms. The normalized spacial score (nSPS) is 32.8. The van der Waals surface area contributed by atoms with Gasteiger partial charge in [0.25, 0.3) is 0 Å². The zero-order valence-corrected chi connectivity index (χ0v) is 13.2. The summed E-state index contributed by atoms with van der Waals surface area (Å²) in [5, 5.41) is 3.61. The lowest BCUT2D eigenvalue weighted by Gasteiger charge is -2.27. The van der Waals surface area contributed by atoms with Gasteiger partial charge in [0.05, 0.1) is 11.7 Å². The Morgan fingerprint density at radius 2 is 2.15 bits per heavy atom. The average molecular weight is 279 g/mol. The van der Waals surface area contributed by atoms with Crippen molar-refractivity contribution in [1.29, 1.82) is 0 Å². The molecule has 20 heavy (non-hydrogen) atoms. The van der Waals surface area contributed by atoms with Crippen LogP contribution in [-0.4, -0.2) is 53.1 Å². The summed E-state index contributed by atoms with van der Waals surface area (Å²) in [6, 6.07) is 0.633. The second-order valence-electron chi connectivity index (χ2n) is 7.23. The van der Waals surface area contributed by atoms with Crippen LogP contribution in [0.15, 0.2) is 0 Å². The van der Waals surface area contributed by atoms with E-state index in [0.29, 0.717) is 24.0 Å². The van der Waals surface area contributed by atoms with Crippen LogP contribution in [0.1, 0.15) is 52.9 Å². The van der Waals surface area contributed by atoms with E-state index < -0.39 is 0 Å². The molecular formula is C16H29N3O. The van der Waals surface area contributed by atoms with Crippen molar-refractivity contribution >= 4 is 5.91 Å². The van der Waals surface area contributed by atoms with Crippen molar-refractivity contribution in [2.45, 2.75) is 70.6 Å². The average Bonchev–Trinajstić information content (AvgIpc) is 2.95. The molecule has 114 valence electrons. The molecule has 1 aliphatic carbocycles. The number of hydrogen-bond donors (Lipinski definition) is 1. The maximum atomic E-state index is 12.6. The number of hydrogen-bond acceptors (Lipinski definition) is 3. The number of amides is 1. The van der Waals surface area contributed by atoms with E-state index in [1.54, 1.807) is 0 Å². The smallest absolute Gasteiger partial charge is 0.244 e. The Morgan fingerprint density at radius 3 is 2.70 bits per heavy atom.